The summed E-state index contributed by atoms with van der Waals surface area (Å²) < 4.78 is 5.29. The first-order valence-electron chi connectivity index (χ1n) is 7.74. The number of hydrogen-bond donors (Lipinski definition) is 1. The first kappa shape index (κ1) is 17.9. The van der Waals surface area contributed by atoms with Crippen LogP contribution in [0.15, 0.2) is 18.2 Å². The molecule has 0 aliphatic carbocycles. The number of amides is 1. The van der Waals surface area contributed by atoms with E-state index in [4.69, 9.17) is 9.84 Å². The van der Waals surface area contributed by atoms with Gasteiger partial charge in [0.15, 0.2) is 0 Å². The summed E-state index contributed by atoms with van der Waals surface area (Å²) >= 11 is 0. The number of carbonyl (C=O) groups is 2. The van der Waals surface area contributed by atoms with Crippen LogP contribution >= 0.6 is 0 Å². The number of nitro groups is 1. The molecule has 1 saturated heterocycles. The average molecular weight is 336 g/mol. The van der Waals surface area contributed by atoms with Gasteiger partial charge in [0.2, 0.25) is 0 Å². The summed E-state index contributed by atoms with van der Waals surface area (Å²) in [5.41, 5.74) is -0.669. The Bertz CT molecular complexity index is 607. The molecule has 0 radical (unpaired) electrons. The van der Waals surface area contributed by atoms with Gasteiger partial charge < -0.3 is 14.7 Å². The number of benzene rings is 1. The van der Waals surface area contributed by atoms with Crippen LogP contribution in [0.25, 0.3) is 0 Å². The van der Waals surface area contributed by atoms with Gasteiger partial charge in [0.25, 0.3) is 11.6 Å². The molecule has 8 heteroatoms. The van der Waals surface area contributed by atoms with Gasteiger partial charge in [-0.1, -0.05) is 0 Å². The Morgan fingerprint density at radius 2 is 1.92 bits per heavy atom. The van der Waals surface area contributed by atoms with Gasteiger partial charge in [-0.25, -0.2) is 4.79 Å². The van der Waals surface area contributed by atoms with Crippen LogP contribution in [-0.4, -0.2) is 53.6 Å². The molecule has 24 heavy (non-hydrogen) atoms. The zero-order valence-electron chi connectivity index (χ0n) is 13.4. The van der Waals surface area contributed by atoms with Crippen molar-refractivity contribution in [3.63, 3.8) is 0 Å². The summed E-state index contributed by atoms with van der Waals surface area (Å²) in [6.07, 6.45) is 2.75. The number of hydrogen-bond acceptors (Lipinski definition) is 5. The van der Waals surface area contributed by atoms with Crippen LogP contribution in [0.1, 0.15) is 40.0 Å². The van der Waals surface area contributed by atoms with Crippen molar-refractivity contribution in [2.24, 2.45) is 5.92 Å². The number of carboxylic acid groups (broad SMARTS) is 1. The van der Waals surface area contributed by atoms with Crippen molar-refractivity contribution in [3.05, 3.63) is 39.4 Å². The molecule has 1 fully saturated rings. The Balaban J connectivity index is 2.09. The van der Waals surface area contributed by atoms with Gasteiger partial charge >= 0.3 is 5.97 Å². The van der Waals surface area contributed by atoms with Crippen LogP contribution in [0, 0.1) is 16.0 Å². The fraction of sp³-hybridized carbons (Fsp3) is 0.500. The fourth-order valence-corrected chi connectivity index (χ4v) is 2.70. The molecule has 1 heterocycles. The van der Waals surface area contributed by atoms with E-state index < -0.39 is 22.5 Å². The molecule has 2 rings (SSSR count). The molecule has 0 unspecified atom stereocenters. The van der Waals surface area contributed by atoms with E-state index in [-0.39, 0.29) is 11.1 Å². The van der Waals surface area contributed by atoms with Gasteiger partial charge in [-0.2, -0.15) is 0 Å². The molecule has 0 aromatic heterocycles. The largest absolute Gasteiger partial charge is 0.478 e. The van der Waals surface area contributed by atoms with Crippen LogP contribution in [0.5, 0.6) is 0 Å². The number of nitrogens with zero attached hydrogens (tertiary/aromatic N) is 2. The lowest BCUT2D eigenvalue weighted by molar-refractivity contribution is -0.384. The summed E-state index contributed by atoms with van der Waals surface area (Å²) in [4.78, 5) is 35.2. The molecular weight excluding hydrogens is 316 g/mol. The molecule has 0 spiro atoms. The summed E-state index contributed by atoms with van der Waals surface area (Å²) in [5.74, 6) is -1.24. The van der Waals surface area contributed by atoms with Gasteiger partial charge in [0, 0.05) is 44.5 Å². The minimum Gasteiger partial charge on any atom is -0.478 e. The van der Waals surface area contributed by atoms with Gasteiger partial charge in [-0.15, -0.1) is 0 Å². The van der Waals surface area contributed by atoms with Gasteiger partial charge in [-0.05, 0) is 31.2 Å². The lowest BCUT2D eigenvalue weighted by Gasteiger charge is -2.25. The van der Waals surface area contributed by atoms with Crippen LogP contribution in [0.3, 0.4) is 0 Å². The number of rotatable bonds is 6. The standard InChI is InChI=1S/C16H20N2O6/c1-17(5-2-11-3-6-24-7-4-11)15(19)12-8-13(16(20)21)10-14(9-12)18(22)23/h8-11H,2-7H2,1H3,(H,20,21). The highest BCUT2D eigenvalue weighted by atomic mass is 16.6. The molecule has 1 amide bonds. The van der Waals surface area contributed by atoms with E-state index in [1.807, 2.05) is 0 Å². The lowest BCUT2D eigenvalue weighted by Crippen LogP contribution is -2.30. The topological polar surface area (TPSA) is 110 Å². The SMILES string of the molecule is CN(CCC1CCOCC1)C(=O)c1cc(C(=O)O)cc([N+](=O)[O-])c1. The summed E-state index contributed by atoms with van der Waals surface area (Å²) in [5, 5.41) is 20.0. The predicted octanol–water partition coefficient (Wildman–Crippen LogP) is 2.18. The Hall–Kier alpha value is -2.48. The number of carbonyl (C=O) groups excluding carboxylic acids is 1. The molecule has 130 valence electrons. The normalized spacial score (nSPS) is 15.0. The molecule has 1 aliphatic heterocycles. The molecule has 1 N–H and O–H groups in total. The molecular formula is C16H20N2O6. The van der Waals surface area contributed by atoms with Gasteiger partial charge in [-0.3, -0.25) is 14.9 Å². The third-order valence-electron chi connectivity index (χ3n) is 4.18. The van der Waals surface area contributed by atoms with E-state index in [9.17, 15) is 19.7 Å². The highest BCUT2D eigenvalue weighted by Crippen LogP contribution is 2.21. The van der Waals surface area contributed by atoms with Gasteiger partial charge in [0.1, 0.15) is 0 Å². The maximum absolute atomic E-state index is 12.5. The zero-order valence-corrected chi connectivity index (χ0v) is 13.4. The van der Waals surface area contributed by atoms with E-state index in [0.29, 0.717) is 12.5 Å². The first-order valence-corrected chi connectivity index (χ1v) is 7.74. The third kappa shape index (κ3) is 4.51. The first-order chi connectivity index (χ1) is 11.4. The molecule has 1 aromatic rings. The minimum absolute atomic E-state index is 0.0103. The molecule has 1 aromatic carbocycles. The molecule has 0 atom stereocenters. The van der Waals surface area contributed by atoms with Crippen molar-refractivity contribution in [1.82, 2.24) is 4.90 Å². The summed E-state index contributed by atoms with van der Waals surface area (Å²) in [7, 11) is 1.61. The van der Waals surface area contributed by atoms with Crippen LogP contribution < -0.4 is 0 Å². The second-order valence-corrected chi connectivity index (χ2v) is 5.90. The number of carboxylic acids is 1. The maximum Gasteiger partial charge on any atom is 0.335 e. The third-order valence-corrected chi connectivity index (χ3v) is 4.18. The highest BCUT2D eigenvalue weighted by molar-refractivity contribution is 5.98. The lowest BCUT2D eigenvalue weighted by atomic mass is 9.96. The van der Waals surface area contributed by atoms with E-state index in [1.54, 1.807) is 7.05 Å². The zero-order chi connectivity index (χ0) is 17.7. The smallest absolute Gasteiger partial charge is 0.335 e. The van der Waals surface area contributed by atoms with E-state index in [2.05, 4.69) is 0 Å². The van der Waals surface area contributed by atoms with Gasteiger partial charge in [0.05, 0.1) is 10.5 Å². The Morgan fingerprint density at radius 3 is 2.50 bits per heavy atom. The Labute approximate surface area is 139 Å². The van der Waals surface area contributed by atoms with Crippen LogP contribution in [0.2, 0.25) is 0 Å². The second-order valence-electron chi connectivity index (χ2n) is 5.90. The molecule has 0 saturated carbocycles. The average Bonchev–Trinajstić information content (AvgIpc) is 2.59. The number of aromatic carboxylic acids is 1. The summed E-state index contributed by atoms with van der Waals surface area (Å²) in [6, 6.07) is 3.23. The number of non-ortho nitro benzene ring substituents is 1. The molecule has 1 aliphatic rings. The predicted molar refractivity (Wildman–Crippen MR) is 85.2 cm³/mol. The van der Waals surface area contributed by atoms with E-state index in [0.717, 1.165) is 44.6 Å². The molecule has 0 bridgehead atoms. The number of nitro benzene ring substituents is 1. The van der Waals surface area contributed by atoms with Crippen molar-refractivity contribution in [1.29, 1.82) is 0 Å². The Kier molecular flexibility index (Phi) is 5.86. The van der Waals surface area contributed by atoms with Crippen molar-refractivity contribution in [3.8, 4) is 0 Å². The van der Waals surface area contributed by atoms with Crippen LogP contribution in [0.4, 0.5) is 5.69 Å². The van der Waals surface area contributed by atoms with Crippen molar-refractivity contribution in [2.75, 3.05) is 26.8 Å². The fourth-order valence-electron chi connectivity index (χ4n) is 2.70. The highest BCUT2D eigenvalue weighted by Gasteiger charge is 2.21. The van der Waals surface area contributed by atoms with Crippen molar-refractivity contribution < 1.29 is 24.4 Å². The van der Waals surface area contributed by atoms with Crippen molar-refractivity contribution >= 4 is 17.6 Å². The number of ether oxygens (including phenoxy) is 1. The minimum atomic E-state index is -1.31. The van der Waals surface area contributed by atoms with Crippen molar-refractivity contribution in [2.45, 2.75) is 19.3 Å². The second kappa shape index (κ2) is 7.87. The summed E-state index contributed by atoms with van der Waals surface area (Å²) in [6.45, 7) is 1.97. The quantitative estimate of drug-likeness (QED) is 0.630. The Morgan fingerprint density at radius 1 is 1.29 bits per heavy atom. The monoisotopic (exact) mass is 336 g/mol. The maximum atomic E-state index is 12.5. The van der Waals surface area contributed by atoms with E-state index >= 15 is 0 Å². The van der Waals surface area contributed by atoms with Crippen LogP contribution in [-0.2, 0) is 4.74 Å². The van der Waals surface area contributed by atoms with E-state index in [1.165, 1.54) is 11.0 Å². The molecule has 8 nitrogen and oxygen atoms in total.